The van der Waals surface area contributed by atoms with E-state index in [0.29, 0.717) is 0 Å². The Balaban J connectivity index is 2.07. The normalized spacial score (nSPS) is 15.0. The number of nitrogens with zero attached hydrogens (tertiary/aromatic N) is 3. The number of azo groups is 1. The molecule has 14 heavy (non-hydrogen) atoms. The predicted octanol–water partition coefficient (Wildman–Crippen LogP) is 2.67. The number of hydrogen-bond acceptors (Lipinski definition) is 4. The van der Waals surface area contributed by atoms with Gasteiger partial charge in [0.15, 0.2) is 5.84 Å². The summed E-state index contributed by atoms with van der Waals surface area (Å²) in [4.78, 5) is 4.02. The van der Waals surface area contributed by atoms with Crippen LogP contribution in [0.1, 0.15) is 6.42 Å². The molecule has 0 atom stereocenters. The second-order valence-corrected chi connectivity index (χ2v) is 2.93. The summed E-state index contributed by atoms with van der Waals surface area (Å²) < 4.78 is 0. The Kier molecular flexibility index (Phi) is 2.36. The molecule has 0 spiro atoms. The Morgan fingerprint density at radius 3 is 2.57 bits per heavy atom. The van der Waals surface area contributed by atoms with Gasteiger partial charge in [0.1, 0.15) is 0 Å². The molecule has 0 bridgehead atoms. The van der Waals surface area contributed by atoms with Crippen LogP contribution in [0.5, 0.6) is 0 Å². The highest BCUT2D eigenvalue weighted by molar-refractivity contribution is 5.86. The average molecular weight is 186 g/mol. The highest BCUT2D eigenvalue weighted by atomic mass is 15.1. The molecular weight excluding hydrogens is 176 g/mol. The van der Waals surface area contributed by atoms with Crippen molar-refractivity contribution in [1.29, 1.82) is 0 Å². The summed E-state index contributed by atoms with van der Waals surface area (Å²) >= 11 is 0. The summed E-state index contributed by atoms with van der Waals surface area (Å²) in [7, 11) is 0. The van der Waals surface area contributed by atoms with E-state index in [2.05, 4.69) is 15.2 Å². The molecule has 0 unspecified atom stereocenters. The monoisotopic (exact) mass is 186 g/mol. The lowest BCUT2D eigenvalue weighted by Gasteiger charge is -1.93. The maximum Gasteiger partial charge on any atom is 0.154 e. The SMILES string of the molecule is Nc1ccc(N=NC2=NC=CC2)cc1. The molecule has 0 fully saturated rings. The number of anilines is 1. The van der Waals surface area contributed by atoms with Crippen molar-refractivity contribution in [1.82, 2.24) is 0 Å². The molecule has 0 aliphatic carbocycles. The molecule has 2 N–H and O–H groups in total. The van der Waals surface area contributed by atoms with E-state index in [9.17, 15) is 0 Å². The molecule has 70 valence electrons. The minimum absolute atomic E-state index is 0.726. The molecule has 4 nitrogen and oxygen atoms in total. The highest BCUT2D eigenvalue weighted by Crippen LogP contribution is 2.15. The van der Waals surface area contributed by atoms with Crippen LogP contribution in [0.2, 0.25) is 0 Å². The molecule has 4 heteroatoms. The van der Waals surface area contributed by atoms with Gasteiger partial charge in [-0.25, -0.2) is 4.99 Å². The Morgan fingerprint density at radius 2 is 1.93 bits per heavy atom. The zero-order valence-corrected chi connectivity index (χ0v) is 7.59. The van der Waals surface area contributed by atoms with Gasteiger partial charge in [-0.1, -0.05) is 6.08 Å². The van der Waals surface area contributed by atoms with E-state index in [1.54, 1.807) is 18.3 Å². The van der Waals surface area contributed by atoms with Gasteiger partial charge in [0.2, 0.25) is 0 Å². The van der Waals surface area contributed by atoms with Crippen molar-refractivity contribution in [3.63, 3.8) is 0 Å². The van der Waals surface area contributed by atoms with Gasteiger partial charge >= 0.3 is 0 Å². The van der Waals surface area contributed by atoms with Gasteiger partial charge in [0.05, 0.1) is 5.69 Å². The first-order valence-electron chi connectivity index (χ1n) is 4.33. The fourth-order valence-electron chi connectivity index (χ4n) is 1.07. The fraction of sp³-hybridized carbons (Fsp3) is 0.100. The van der Waals surface area contributed by atoms with Gasteiger partial charge in [-0.15, -0.1) is 10.2 Å². The van der Waals surface area contributed by atoms with Gasteiger partial charge in [-0.05, 0) is 24.3 Å². The number of benzene rings is 1. The van der Waals surface area contributed by atoms with Crippen molar-refractivity contribution in [2.45, 2.75) is 6.42 Å². The van der Waals surface area contributed by atoms with E-state index < -0.39 is 0 Å². The molecule has 1 aromatic carbocycles. The largest absolute Gasteiger partial charge is 0.399 e. The Hall–Kier alpha value is -1.97. The summed E-state index contributed by atoms with van der Waals surface area (Å²) in [6.45, 7) is 0. The van der Waals surface area contributed by atoms with Crippen molar-refractivity contribution < 1.29 is 0 Å². The lowest BCUT2D eigenvalue weighted by atomic mass is 10.3. The van der Waals surface area contributed by atoms with Gasteiger partial charge < -0.3 is 5.73 Å². The molecule has 0 aromatic heterocycles. The van der Waals surface area contributed by atoms with Crippen molar-refractivity contribution in [3.8, 4) is 0 Å². The van der Waals surface area contributed by atoms with Crippen LogP contribution in [-0.4, -0.2) is 5.84 Å². The Morgan fingerprint density at radius 1 is 1.14 bits per heavy atom. The highest BCUT2D eigenvalue weighted by Gasteiger charge is 1.97. The zero-order chi connectivity index (χ0) is 9.80. The van der Waals surface area contributed by atoms with Crippen molar-refractivity contribution in [2.75, 3.05) is 5.73 Å². The zero-order valence-electron chi connectivity index (χ0n) is 7.59. The summed E-state index contributed by atoms with van der Waals surface area (Å²) in [5, 5.41) is 8.02. The van der Waals surface area contributed by atoms with E-state index in [0.717, 1.165) is 23.6 Å². The number of amidine groups is 1. The first kappa shape index (κ1) is 8.62. The minimum atomic E-state index is 0.726. The molecule has 0 saturated heterocycles. The molecule has 1 aliphatic rings. The minimum Gasteiger partial charge on any atom is -0.399 e. The molecule has 2 rings (SSSR count). The second kappa shape index (κ2) is 3.83. The van der Waals surface area contributed by atoms with Crippen LogP contribution in [-0.2, 0) is 0 Å². The molecule has 1 heterocycles. The third-order valence-corrected chi connectivity index (χ3v) is 1.80. The topological polar surface area (TPSA) is 63.1 Å². The lowest BCUT2D eigenvalue weighted by Crippen LogP contribution is -1.84. The van der Waals surface area contributed by atoms with Crippen LogP contribution in [0.3, 0.4) is 0 Å². The number of aliphatic imine (C=N–C) groups is 1. The number of nitrogens with two attached hydrogens (primary N) is 1. The predicted molar refractivity (Wildman–Crippen MR) is 56.6 cm³/mol. The van der Waals surface area contributed by atoms with E-state index in [4.69, 9.17) is 5.73 Å². The van der Waals surface area contributed by atoms with Crippen LogP contribution in [0.25, 0.3) is 0 Å². The van der Waals surface area contributed by atoms with Crippen LogP contribution in [0, 0.1) is 0 Å². The molecule has 1 aromatic rings. The van der Waals surface area contributed by atoms with Crippen molar-refractivity contribution >= 4 is 17.2 Å². The number of nitrogen functional groups attached to an aromatic ring is 1. The molecule has 0 amide bonds. The molecule has 0 radical (unpaired) electrons. The van der Waals surface area contributed by atoms with Gasteiger partial charge in [0, 0.05) is 18.3 Å². The summed E-state index contributed by atoms with van der Waals surface area (Å²) in [6, 6.07) is 7.23. The third kappa shape index (κ3) is 2.04. The quantitative estimate of drug-likeness (QED) is 0.531. The maximum absolute atomic E-state index is 5.54. The average Bonchev–Trinajstić information content (AvgIpc) is 2.70. The van der Waals surface area contributed by atoms with Crippen LogP contribution in [0.15, 0.2) is 51.8 Å². The summed E-state index contributed by atoms with van der Waals surface area (Å²) in [6.07, 6.45) is 4.44. The van der Waals surface area contributed by atoms with E-state index in [1.807, 2.05) is 18.2 Å². The fourth-order valence-corrected chi connectivity index (χ4v) is 1.07. The lowest BCUT2D eigenvalue weighted by molar-refractivity contribution is 1.24. The molecule has 0 saturated carbocycles. The van der Waals surface area contributed by atoms with Gasteiger partial charge in [-0.3, -0.25) is 0 Å². The van der Waals surface area contributed by atoms with Crippen molar-refractivity contribution in [3.05, 3.63) is 36.5 Å². The van der Waals surface area contributed by atoms with Crippen LogP contribution < -0.4 is 5.73 Å². The first-order valence-corrected chi connectivity index (χ1v) is 4.33. The Labute approximate surface area is 81.9 Å². The van der Waals surface area contributed by atoms with E-state index in [-0.39, 0.29) is 0 Å². The van der Waals surface area contributed by atoms with E-state index >= 15 is 0 Å². The van der Waals surface area contributed by atoms with E-state index in [1.165, 1.54) is 0 Å². The smallest absolute Gasteiger partial charge is 0.154 e. The van der Waals surface area contributed by atoms with Gasteiger partial charge in [0.25, 0.3) is 0 Å². The first-order chi connectivity index (χ1) is 6.84. The Bertz CT molecular complexity index is 401. The third-order valence-electron chi connectivity index (χ3n) is 1.80. The van der Waals surface area contributed by atoms with Crippen LogP contribution in [0.4, 0.5) is 11.4 Å². The maximum atomic E-state index is 5.54. The second-order valence-electron chi connectivity index (χ2n) is 2.93. The number of rotatable bonds is 1. The number of hydrogen-bond donors (Lipinski definition) is 1. The van der Waals surface area contributed by atoms with Gasteiger partial charge in [-0.2, -0.15) is 0 Å². The summed E-state index contributed by atoms with van der Waals surface area (Å²) in [5.74, 6) is 0.738. The summed E-state index contributed by atoms with van der Waals surface area (Å²) in [5.41, 5.74) is 7.05. The standard InChI is InChI=1S/C10H10N4/c11-8-3-5-9(6-4-8)13-14-10-2-1-7-12-10/h1,3-7H,2,11H2. The van der Waals surface area contributed by atoms with Crippen molar-refractivity contribution in [2.24, 2.45) is 15.2 Å². The van der Waals surface area contributed by atoms with Crippen LogP contribution >= 0.6 is 0 Å². The molecular formula is C10H10N4. The molecule has 1 aliphatic heterocycles.